The van der Waals surface area contributed by atoms with E-state index in [1.807, 2.05) is 34.0 Å². The van der Waals surface area contributed by atoms with E-state index in [1.54, 1.807) is 0 Å². The van der Waals surface area contributed by atoms with Crippen LogP contribution in [0.3, 0.4) is 0 Å². The number of nitrogens with one attached hydrogen (secondary N) is 2. The lowest BCUT2D eigenvalue weighted by molar-refractivity contribution is -0.139. The molecule has 1 amide bonds. The monoisotopic (exact) mass is 488 g/mol. The van der Waals surface area contributed by atoms with Gasteiger partial charge in [0.05, 0.1) is 5.92 Å². The zero-order valence-electron chi connectivity index (χ0n) is 23.5. The number of hydrogen-bond acceptors (Lipinski definition) is 5. The van der Waals surface area contributed by atoms with E-state index in [2.05, 4.69) is 54.0 Å². The van der Waals surface area contributed by atoms with Crippen LogP contribution < -0.4 is 10.6 Å². The molecule has 0 aromatic carbocycles. The Balaban J connectivity index is 3.04. The summed E-state index contributed by atoms with van der Waals surface area (Å²) in [6, 6.07) is 0.372. The maximum atomic E-state index is 13.9. The Labute approximate surface area is 215 Å². The Hall–Kier alpha value is -1.92. The van der Waals surface area contributed by atoms with Crippen LogP contribution in [-0.2, 0) is 9.59 Å². The topological polar surface area (TPSA) is 64.7 Å². The van der Waals surface area contributed by atoms with Crippen LogP contribution in [0.4, 0.5) is 0 Å². The largest absolute Gasteiger partial charge is 0.372 e. The summed E-state index contributed by atoms with van der Waals surface area (Å²) >= 11 is 0. The van der Waals surface area contributed by atoms with Gasteiger partial charge in [-0.05, 0) is 78.6 Å². The number of nitrogens with zero attached hydrogens (tertiary/aromatic N) is 2. The van der Waals surface area contributed by atoms with Gasteiger partial charge < -0.3 is 25.2 Å². The van der Waals surface area contributed by atoms with E-state index in [4.69, 9.17) is 0 Å². The van der Waals surface area contributed by atoms with Crippen molar-refractivity contribution in [2.75, 3.05) is 40.8 Å². The molecule has 0 aromatic heterocycles. The second-order valence-electron chi connectivity index (χ2n) is 10.4. The maximum absolute atomic E-state index is 13.9. The van der Waals surface area contributed by atoms with Gasteiger partial charge in [-0.25, -0.2) is 0 Å². The first-order valence-electron chi connectivity index (χ1n) is 13.5. The van der Waals surface area contributed by atoms with Crippen molar-refractivity contribution >= 4 is 12.2 Å². The average molecular weight is 489 g/mol. The van der Waals surface area contributed by atoms with Crippen LogP contribution in [0.1, 0.15) is 72.6 Å². The molecular weight excluding hydrogens is 436 g/mol. The van der Waals surface area contributed by atoms with Crippen molar-refractivity contribution in [3.8, 4) is 0 Å². The number of carbonyl (C=O) groups excluding carboxylic acids is 2. The van der Waals surface area contributed by atoms with Crippen molar-refractivity contribution in [3.05, 3.63) is 35.6 Å². The molecule has 1 rings (SSSR count). The van der Waals surface area contributed by atoms with Gasteiger partial charge in [0.2, 0.25) is 5.91 Å². The fourth-order valence-corrected chi connectivity index (χ4v) is 5.07. The van der Waals surface area contributed by atoms with E-state index in [0.29, 0.717) is 24.8 Å². The molecule has 1 aliphatic carbocycles. The van der Waals surface area contributed by atoms with Gasteiger partial charge in [-0.15, -0.1) is 0 Å². The highest BCUT2D eigenvalue weighted by atomic mass is 16.2. The van der Waals surface area contributed by atoms with Gasteiger partial charge in [0.15, 0.2) is 0 Å². The number of allylic oxidation sites excluding steroid dienone is 4. The standard InChI is InChI=1S/C29H52N4O2/c1-22(2)14-15-27(23(3)17-21-34)32(8)24(4)16-19-33(20-18-30-6)29(35)28(25(5)31-7)26-12-10-9-11-13-26/h14-15,21,24-26,28,30-31H,1,9-13,16-20H2,2-8H3/b15-14-,27-23-/t24?,25-,28?/m0/s1. The number of aldehydes is 1. The molecule has 0 bridgehead atoms. The zero-order valence-corrected chi connectivity index (χ0v) is 23.5. The van der Waals surface area contributed by atoms with Crippen molar-refractivity contribution in [2.45, 2.75) is 84.7 Å². The molecule has 200 valence electrons. The van der Waals surface area contributed by atoms with Crippen LogP contribution in [0.25, 0.3) is 0 Å². The average Bonchev–Trinajstić information content (AvgIpc) is 2.84. The van der Waals surface area contributed by atoms with Crippen molar-refractivity contribution in [3.63, 3.8) is 0 Å². The predicted octanol–water partition coefficient (Wildman–Crippen LogP) is 4.54. The lowest BCUT2D eigenvalue weighted by Gasteiger charge is -2.38. The van der Waals surface area contributed by atoms with E-state index < -0.39 is 0 Å². The number of hydrogen-bond donors (Lipinski definition) is 2. The first-order valence-corrected chi connectivity index (χ1v) is 13.5. The predicted molar refractivity (Wildman–Crippen MR) is 148 cm³/mol. The third-order valence-electron chi connectivity index (χ3n) is 7.59. The van der Waals surface area contributed by atoms with Gasteiger partial charge in [0.1, 0.15) is 6.29 Å². The molecule has 0 radical (unpaired) electrons. The van der Waals surface area contributed by atoms with Crippen molar-refractivity contribution in [2.24, 2.45) is 11.8 Å². The SMILES string of the molecule is C=C(C)/C=C\C(=C(/C)CC=O)N(C)C(C)CCN(CCNC)C(=O)C(C1CCCCC1)[C@H](C)NC. The molecule has 2 N–H and O–H groups in total. The summed E-state index contributed by atoms with van der Waals surface area (Å²) in [5, 5.41) is 6.60. The summed E-state index contributed by atoms with van der Waals surface area (Å²) in [6.07, 6.45) is 12.3. The van der Waals surface area contributed by atoms with Gasteiger partial charge in [-0.1, -0.05) is 37.5 Å². The van der Waals surface area contributed by atoms with E-state index in [1.165, 1.54) is 19.3 Å². The number of likely N-dealkylation sites (N-methyl/N-ethyl adjacent to an activating group) is 2. The summed E-state index contributed by atoms with van der Waals surface area (Å²) in [4.78, 5) is 29.4. The van der Waals surface area contributed by atoms with Crippen molar-refractivity contribution in [1.29, 1.82) is 0 Å². The lowest BCUT2D eigenvalue weighted by atomic mass is 9.76. The highest BCUT2D eigenvalue weighted by molar-refractivity contribution is 5.80. The normalized spacial score (nSPS) is 18.0. The van der Waals surface area contributed by atoms with Crippen LogP contribution in [0.2, 0.25) is 0 Å². The van der Waals surface area contributed by atoms with Crippen LogP contribution in [0.15, 0.2) is 35.6 Å². The Morgan fingerprint density at radius 2 is 1.74 bits per heavy atom. The Kier molecular flexibility index (Phi) is 14.8. The van der Waals surface area contributed by atoms with Gasteiger partial charge >= 0.3 is 0 Å². The number of rotatable bonds is 16. The van der Waals surface area contributed by atoms with Crippen molar-refractivity contribution in [1.82, 2.24) is 20.4 Å². The second-order valence-corrected chi connectivity index (χ2v) is 10.4. The summed E-state index contributed by atoms with van der Waals surface area (Å²) < 4.78 is 0. The van der Waals surface area contributed by atoms with E-state index in [9.17, 15) is 9.59 Å². The van der Waals surface area contributed by atoms with Gasteiger partial charge in [0.25, 0.3) is 0 Å². The van der Waals surface area contributed by atoms with Gasteiger partial charge in [-0.3, -0.25) is 4.79 Å². The number of carbonyl (C=O) groups is 2. The molecule has 1 saturated carbocycles. The molecule has 2 unspecified atom stereocenters. The minimum absolute atomic E-state index is 0.0222. The lowest BCUT2D eigenvalue weighted by Crippen LogP contribution is -2.50. The third kappa shape index (κ3) is 10.3. The molecule has 6 nitrogen and oxygen atoms in total. The van der Waals surface area contributed by atoms with E-state index in [0.717, 1.165) is 55.5 Å². The third-order valence-corrected chi connectivity index (χ3v) is 7.59. The summed E-state index contributed by atoms with van der Waals surface area (Å²) in [5.41, 5.74) is 3.05. The molecule has 0 spiro atoms. The Morgan fingerprint density at radius 1 is 1.09 bits per heavy atom. The molecule has 0 saturated heterocycles. The maximum Gasteiger partial charge on any atom is 0.227 e. The van der Waals surface area contributed by atoms with E-state index in [-0.39, 0.29) is 18.0 Å². The van der Waals surface area contributed by atoms with Crippen LogP contribution in [-0.4, -0.2) is 74.9 Å². The summed E-state index contributed by atoms with van der Waals surface area (Å²) in [5.74, 6) is 0.775. The minimum atomic E-state index is 0.0222. The first-order chi connectivity index (χ1) is 16.7. The van der Waals surface area contributed by atoms with Gasteiger partial charge in [0, 0.05) is 50.9 Å². The van der Waals surface area contributed by atoms with Crippen LogP contribution >= 0.6 is 0 Å². The molecule has 1 aliphatic rings. The molecule has 0 aliphatic heterocycles. The highest BCUT2D eigenvalue weighted by Gasteiger charge is 2.36. The van der Waals surface area contributed by atoms with Gasteiger partial charge in [-0.2, -0.15) is 0 Å². The molecule has 3 atom stereocenters. The molecule has 0 heterocycles. The zero-order chi connectivity index (χ0) is 26.4. The first kappa shape index (κ1) is 31.1. The summed E-state index contributed by atoms with van der Waals surface area (Å²) in [6.45, 7) is 14.5. The Bertz CT molecular complexity index is 724. The highest BCUT2D eigenvalue weighted by Crippen LogP contribution is 2.33. The minimum Gasteiger partial charge on any atom is -0.372 e. The quantitative estimate of drug-likeness (QED) is 0.247. The molecule has 1 fully saturated rings. The van der Waals surface area contributed by atoms with Crippen LogP contribution in [0, 0.1) is 11.8 Å². The Morgan fingerprint density at radius 3 is 2.29 bits per heavy atom. The fraction of sp³-hybridized carbons (Fsp3) is 0.724. The van der Waals surface area contributed by atoms with E-state index >= 15 is 0 Å². The van der Waals surface area contributed by atoms with Crippen molar-refractivity contribution < 1.29 is 9.59 Å². The molecule has 35 heavy (non-hydrogen) atoms. The second kappa shape index (κ2) is 16.7. The molecule has 0 aromatic rings. The molecule has 6 heteroatoms. The summed E-state index contributed by atoms with van der Waals surface area (Å²) in [7, 11) is 5.98. The smallest absolute Gasteiger partial charge is 0.227 e. The number of amides is 1. The van der Waals surface area contributed by atoms with Crippen LogP contribution in [0.5, 0.6) is 0 Å². The fourth-order valence-electron chi connectivity index (χ4n) is 5.07. The molecular formula is C29H52N4O2.